The number of aryl methyl sites for hydroxylation is 1. The summed E-state index contributed by atoms with van der Waals surface area (Å²) in [5, 5.41) is 12.4. The molecule has 3 atom stereocenters. The number of aromatic carboxylic acids is 1. The number of carboxylic acids is 1. The van der Waals surface area contributed by atoms with Crippen LogP contribution < -0.4 is 5.32 Å². The SMILES string of the molecule is CCC(C)CN(CCOC1CCCC(OCc2cccc(C)c2C(=O)O)C1)C(=O)Nc1ccc(F)cc1. The van der Waals surface area contributed by atoms with Crippen molar-refractivity contribution < 1.29 is 28.6 Å². The average Bonchev–Trinajstić information content (AvgIpc) is 2.88. The Bertz CT molecular complexity index is 1030. The number of carbonyl (C=O) groups excluding carboxylic acids is 1. The van der Waals surface area contributed by atoms with Crippen molar-refractivity contribution in [2.45, 2.75) is 71.7 Å². The van der Waals surface area contributed by atoms with Gasteiger partial charge in [-0.05, 0) is 73.9 Å². The molecule has 1 fully saturated rings. The minimum Gasteiger partial charge on any atom is -0.478 e. The van der Waals surface area contributed by atoms with Crippen molar-refractivity contribution in [3.63, 3.8) is 0 Å². The van der Waals surface area contributed by atoms with E-state index in [2.05, 4.69) is 19.2 Å². The van der Waals surface area contributed by atoms with Gasteiger partial charge in [-0.3, -0.25) is 0 Å². The molecule has 1 saturated carbocycles. The van der Waals surface area contributed by atoms with Crippen molar-refractivity contribution in [3.8, 4) is 0 Å². The molecule has 0 saturated heterocycles. The summed E-state index contributed by atoms with van der Waals surface area (Å²) in [6, 6.07) is 10.9. The van der Waals surface area contributed by atoms with Crippen LogP contribution in [0.25, 0.3) is 0 Å². The van der Waals surface area contributed by atoms with Crippen LogP contribution in [0.4, 0.5) is 14.9 Å². The lowest BCUT2D eigenvalue weighted by molar-refractivity contribution is -0.0525. The van der Waals surface area contributed by atoms with Gasteiger partial charge in [0.2, 0.25) is 0 Å². The Labute approximate surface area is 219 Å². The first kappa shape index (κ1) is 28.6. The maximum absolute atomic E-state index is 13.2. The third kappa shape index (κ3) is 8.83. The van der Waals surface area contributed by atoms with E-state index in [1.54, 1.807) is 36.1 Å². The van der Waals surface area contributed by atoms with Gasteiger partial charge in [-0.2, -0.15) is 0 Å². The van der Waals surface area contributed by atoms with Crippen molar-refractivity contribution in [2.24, 2.45) is 5.92 Å². The first-order valence-electron chi connectivity index (χ1n) is 13.1. The highest BCUT2D eigenvalue weighted by atomic mass is 19.1. The van der Waals surface area contributed by atoms with Gasteiger partial charge in [0.25, 0.3) is 0 Å². The molecule has 2 aromatic carbocycles. The first-order chi connectivity index (χ1) is 17.8. The maximum atomic E-state index is 13.2. The number of benzene rings is 2. The Morgan fingerprint density at radius 1 is 1.14 bits per heavy atom. The molecule has 2 N–H and O–H groups in total. The highest BCUT2D eigenvalue weighted by molar-refractivity contribution is 5.91. The van der Waals surface area contributed by atoms with Crippen molar-refractivity contribution in [2.75, 3.05) is 25.0 Å². The summed E-state index contributed by atoms with van der Waals surface area (Å²) in [5.74, 6) is -0.949. The van der Waals surface area contributed by atoms with Gasteiger partial charge < -0.3 is 24.8 Å². The van der Waals surface area contributed by atoms with Gasteiger partial charge in [-0.15, -0.1) is 0 Å². The van der Waals surface area contributed by atoms with Crippen LogP contribution in [0.1, 0.15) is 67.4 Å². The van der Waals surface area contributed by atoms with Gasteiger partial charge >= 0.3 is 12.0 Å². The monoisotopic (exact) mass is 514 g/mol. The van der Waals surface area contributed by atoms with Crippen LogP contribution in [0.3, 0.4) is 0 Å². The molecular formula is C29H39FN2O5. The Hall–Kier alpha value is -2.97. The fourth-order valence-corrected chi connectivity index (χ4v) is 4.61. The number of nitrogens with one attached hydrogen (secondary N) is 1. The van der Waals surface area contributed by atoms with Crippen molar-refractivity contribution in [1.29, 1.82) is 0 Å². The normalized spacial score (nSPS) is 18.3. The molecule has 202 valence electrons. The zero-order chi connectivity index (χ0) is 26.8. The number of nitrogens with zero attached hydrogens (tertiary/aromatic N) is 1. The molecule has 37 heavy (non-hydrogen) atoms. The predicted molar refractivity (Wildman–Crippen MR) is 141 cm³/mol. The lowest BCUT2D eigenvalue weighted by atomic mass is 9.94. The van der Waals surface area contributed by atoms with Crippen LogP contribution >= 0.6 is 0 Å². The number of hydrogen-bond donors (Lipinski definition) is 2. The topological polar surface area (TPSA) is 88.1 Å². The summed E-state index contributed by atoms with van der Waals surface area (Å²) in [7, 11) is 0. The molecule has 3 rings (SSSR count). The molecule has 1 aliphatic rings. The van der Waals surface area contributed by atoms with Gasteiger partial charge in [0.15, 0.2) is 0 Å². The van der Waals surface area contributed by atoms with Gasteiger partial charge in [0, 0.05) is 18.8 Å². The number of rotatable bonds is 12. The third-order valence-corrected chi connectivity index (χ3v) is 6.95. The molecule has 7 nitrogen and oxygen atoms in total. The predicted octanol–water partition coefficient (Wildman–Crippen LogP) is 6.26. The summed E-state index contributed by atoms with van der Waals surface area (Å²) >= 11 is 0. The second kappa shape index (κ2) is 14.1. The Kier molecular flexibility index (Phi) is 10.9. The molecule has 1 aliphatic carbocycles. The fourth-order valence-electron chi connectivity index (χ4n) is 4.61. The smallest absolute Gasteiger partial charge is 0.336 e. The molecule has 8 heteroatoms. The van der Waals surface area contributed by atoms with E-state index in [0.29, 0.717) is 42.4 Å². The molecule has 2 aromatic rings. The van der Waals surface area contributed by atoms with Crippen LogP contribution in [0, 0.1) is 18.7 Å². The van der Waals surface area contributed by atoms with E-state index >= 15 is 0 Å². The average molecular weight is 515 g/mol. The molecule has 2 amide bonds. The zero-order valence-corrected chi connectivity index (χ0v) is 22.0. The van der Waals surface area contributed by atoms with E-state index in [9.17, 15) is 19.1 Å². The van der Waals surface area contributed by atoms with Gasteiger partial charge in [0.1, 0.15) is 5.82 Å². The van der Waals surface area contributed by atoms with E-state index in [4.69, 9.17) is 9.47 Å². The fraction of sp³-hybridized carbons (Fsp3) is 0.517. The van der Waals surface area contributed by atoms with E-state index in [0.717, 1.165) is 37.7 Å². The largest absolute Gasteiger partial charge is 0.478 e. The van der Waals surface area contributed by atoms with Crippen molar-refractivity contribution in [1.82, 2.24) is 4.90 Å². The number of carboxylic acid groups (broad SMARTS) is 1. The Balaban J connectivity index is 1.50. The quantitative estimate of drug-likeness (QED) is 0.349. The van der Waals surface area contributed by atoms with E-state index in [1.165, 1.54) is 12.1 Å². The molecule has 0 spiro atoms. The summed E-state index contributed by atoms with van der Waals surface area (Å²) in [6.45, 7) is 7.71. The van der Waals surface area contributed by atoms with E-state index in [-0.39, 0.29) is 30.7 Å². The minimum atomic E-state index is -0.938. The Morgan fingerprint density at radius 2 is 1.84 bits per heavy atom. The van der Waals surface area contributed by atoms with Gasteiger partial charge in [-0.1, -0.05) is 38.5 Å². The molecule has 0 aliphatic heterocycles. The van der Waals surface area contributed by atoms with Crippen molar-refractivity contribution >= 4 is 17.7 Å². The number of halogens is 1. The number of ether oxygens (including phenoxy) is 2. The third-order valence-electron chi connectivity index (χ3n) is 6.95. The zero-order valence-electron chi connectivity index (χ0n) is 22.0. The highest BCUT2D eigenvalue weighted by Gasteiger charge is 2.25. The molecular weight excluding hydrogens is 475 g/mol. The number of amides is 2. The number of urea groups is 1. The second-order valence-electron chi connectivity index (χ2n) is 9.90. The lowest BCUT2D eigenvalue weighted by Gasteiger charge is -2.31. The summed E-state index contributed by atoms with van der Waals surface area (Å²) in [6.07, 6.45) is 4.52. The van der Waals surface area contributed by atoms with Crippen LogP contribution in [0.5, 0.6) is 0 Å². The van der Waals surface area contributed by atoms with E-state index in [1.807, 2.05) is 6.07 Å². The maximum Gasteiger partial charge on any atom is 0.336 e. The standard InChI is InChI=1S/C29H39FN2O5/c1-4-20(2)18-32(29(35)31-24-13-11-23(30)12-14-24)15-16-36-25-9-6-10-26(17-25)37-19-22-8-5-7-21(3)27(22)28(33)34/h5,7-8,11-14,20,25-26H,4,6,9-10,15-19H2,1-3H3,(H,31,35)(H,33,34). The van der Waals surface area contributed by atoms with Crippen LogP contribution in [0.2, 0.25) is 0 Å². The van der Waals surface area contributed by atoms with Gasteiger partial charge in [-0.25, -0.2) is 14.0 Å². The number of anilines is 1. The molecule has 0 bridgehead atoms. The van der Waals surface area contributed by atoms with Crippen LogP contribution in [0.15, 0.2) is 42.5 Å². The van der Waals surface area contributed by atoms with Crippen molar-refractivity contribution in [3.05, 3.63) is 65.0 Å². The first-order valence-corrected chi connectivity index (χ1v) is 13.1. The van der Waals surface area contributed by atoms with Gasteiger partial charge in [0.05, 0.1) is 31.0 Å². The number of carbonyl (C=O) groups is 2. The summed E-state index contributed by atoms with van der Waals surface area (Å²) in [4.78, 5) is 26.3. The lowest BCUT2D eigenvalue weighted by Crippen LogP contribution is -2.41. The molecule has 0 aromatic heterocycles. The molecule has 0 heterocycles. The summed E-state index contributed by atoms with van der Waals surface area (Å²) in [5.41, 5.74) is 2.27. The minimum absolute atomic E-state index is 0.00102. The van der Waals surface area contributed by atoms with E-state index < -0.39 is 5.97 Å². The highest BCUT2D eigenvalue weighted by Crippen LogP contribution is 2.25. The molecule has 3 unspecified atom stereocenters. The molecule has 0 radical (unpaired) electrons. The summed E-state index contributed by atoms with van der Waals surface area (Å²) < 4.78 is 25.5. The Morgan fingerprint density at radius 3 is 2.51 bits per heavy atom. The van der Waals surface area contributed by atoms with Crippen LogP contribution in [-0.2, 0) is 16.1 Å². The second-order valence-corrected chi connectivity index (χ2v) is 9.90. The van der Waals surface area contributed by atoms with Crippen LogP contribution in [-0.4, -0.2) is 53.9 Å². The number of hydrogen-bond acceptors (Lipinski definition) is 4.